The molecule has 0 bridgehead atoms. The highest BCUT2D eigenvalue weighted by Gasteiger charge is 2.22. The Hall–Kier alpha value is -3.00. The zero-order valence-electron chi connectivity index (χ0n) is 18.1. The SMILES string of the molecule is COc1cc(OC)c(C2=CCN(C(=O)CCCNC(=O)c3ccsc3)CC2)c(OC)c1. The van der Waals surface area contributed by atoms with E-state index in [4.69, 9.17) is 14.2 Å². The minimum atomic E-state index is -0.0957. The van der Waals surface area contributed by atoms with Gasteiger partial charge in [0, 0.05) is 49.1 Å². The van der Waals surface area contributed by atoms with Crippen molar-refractivity contribution in [3.8, 4) is 17.2 Å². The Morgan fingerprint density at radius 2 is 1.87 bits per heavy atom. The fourth-order valence-electron chi connectivity index (χ4n) is 3.54. The van der Waals surface area contributed by atoms with Crippen molar-refractivity contribution in [1.29, 1.82) is 0 Å². The van der Waals surface area contributed by atoms with Crippen LogP contribution in [0.3, 0.4) is 0 Å². The number of amides is 2. The lowest BCUT2D eigenvalue weighted by molar-refractivity contribution is -0.130. The molecule has 0 radical (unpaired) electrons. The Bertz CT molecular complexity index is 914. The standard InChI is InChI=1S/C23H28N2O5S/c1-28-18-13-19(29-2)22(20(14-18)30-3)16-6-10-25(11-7-16)21(26)5-4-9-24-23(27)17-8-12-31-15-17/h6,8,12-15H,4-5,7,9-11H2,1-3H3,(H,24,27). The van der Waals surface area contributed by atoms with Gasteiger partial charge in [-0.3, -0.25) is 9.59 Å². The highest BCUT2D eigenvalue weighted by Crippen LogP contribution is 2.40. The molecule has 0 atom stereocenters. The zero-order valence-corrected chi connectivity index (χ0v) is 18.9. The maximum Gasteiger partial charge on any atom is 0.252 e. The normalized spacial score (nSPS) is 13.4. The van der Waals surface area contributed by atoms with Crippen LogP contribution in [-0.2, 0) is 4.79 Å². The van der Waals surface area contributed by atoms with Crippen LogP contribution in [0.15, 0.2) is 35.0 Å². The summed E-state index contributed by atoms with van der Waals surface area (Å²) in [6, 6.07) is 5.46. The smallest absolute Gasteiger partial charge is 0.252 e. The Morgan fingerprint density at radius 3 is 2.42 bits per heavy atom. The van der Waals surface area contributed by atoms with Gasteiger partial charge in [0.2, 0.25) is 5.91 Å². The van der Waals surface area contributed by atoms with E-state index in [9.17, 15) is 9.59 Å². The van der Waals surface area contributed by atoms with Crippen molar-refractivity contribution in [2.75, 3.05) is 41.0 Å². The molecule has 7 nitrogen and oxygen atoms in total. The third kappa shape index (κ3) is 5.58. The summed E-state index contributed by atoms with van der Waals surface area (Å²) in [5.41, 5.74) is 2.65. The zero-order chi connectivity index (χ0) is 22.2. The van der Waals surface area contributed by atoms with E-state index in [2.05, 4.69) is 5.32 Å². The van der Waals surface area contributed by atoms with E-state index in [1.54, 1.807) is 27.4 Å². The number of ether oxygens (including phenoxy) is 3. The topological polar surface area (TPSA) is 77.1 Å². The van der Waals surface area contributed by atoms with Gasteiger partial charge in [0.05, 0.1) is 26.9 Å². The second kappa shape index (κ2) is 10.9. The molecule has 8 heteroatoms. The number of nitrogens with zero attached hydrogens (tertiary/aromatic N) is 1. The minimum Gasteiger partial charge on any atom is -0.496 e. The lowest BCUT2D eigenvalue weighted by Gasteiger charge is -2.28. The average molecular weight is 445 g/mol. The Morgan fingerprint density at radius 1 is 1.13 bits per heavy atom. The Balaban J connectivity index is 1.55. The largest absolute Gasteiger partial charge is 0.496 e. The third-order valence-electron chi connectivity index (χ3n) is 5.23. The molecule has 31 heavy (non-hydrogen) atoms. The van der Waals surface area contributed by atoms with Crippen molar-refractivity contribution in [2.24, 2.45) is 0 Å². The number of rotatable bonds is 9. The van der Waals surface area contributed by atoms with Crippen LogP contribution in [0.25, 0.3) is 5.57 Å². The van der Waals surface area contributed by atoms with Gasteiger partial charge >= 0.3 is 0 Å². The average Bonchev–Trinajstić information content (AvgIpc) is 3.36. The van der Waals surface area contributed by atoms with Crippen molar-refractivity contribution in [1.82, 2.24) is 10.2 Å². The summed E-state index contributed by atoms with van der Waals surface area (Å²) in [5, 5.41) is 6.53. The van der Waals surface area contributed by atoms with E-state index in [0.29, 0.717) is 61.7 Å². The first-order valence-corrected chi connectivity index (χ1v) is 11.1. The quantitative estimate of drug-likeness (QED) is 0.598. The second-order valence-electron chi connectivity index (χ2n) is 7.10. The van der Waals surface area contributed by atoms with Gasteiger partial charge in [0.1, 0.15) is 17.2 Å². The molecule has 2 aromatic rings. The van der Waals surface area contributed by atoms with Crippen LogP contribution in [0.5, 0.6) is 17.2 Å². The first-order chi connectivity index (χ1) is 15.1. The lowest BCUT2D eigenvalue weighted by atomic mass is 9.97. The molecule has 0 saturated heterocycles. The van der Waals surface area contributed by atoms with Gasteiger partial charge in [-0.15, -0.1) is 0 Å². The van der Waals surface area contributed by atoms with Gasteiger partial charge in [0.15, 0.2) is 0 Å². The maximum atomic E-state index is 12.6. The number of methoxy groups -OCH3 is 3. The van der Waals surface area contributed by atoms with Crippen molar-refractivity contribution >= 4 is 28.7 Å². The van der Waals surface area contributed by atoms with Crippen LogP contribution in [0, 0.1) is 0 Å². The van der Waals surface area contributed by atoms with Crippen LogP contribution in [-0.4, -0.2) is 57.7 Å². The second-order valence-corrected chi connectivity index (χ2v) is 7.88. The van der Waals surface area contributed by atoms with E-state index in [-0.39, 0.29) is 11.8 Å². The molecule has 3 rings (SSSR count). The van der Waals surface area contributed by atoms with Gasteiger partial charge < -0.3 is 24.4 Å². The molecule has 2 heterocycles. The number of thiophene rings is 1. The molecular weight excluding hydrogens is 416 g/mol. The highest BCUT2D eigenvalue weighted by atomic mass is 32.1. The third-order valence-corrected chi connectivity index (χ3v) is 5.92. The van der Waals surface area contributed by atoms with Gasteiger partial charge in [0.25, 0.3) is 5.91 Å². The summed E-state index contributed by atoms with van der Waals surface area (Å²) in [5.74, 6) is 2.03. The van der Waals surface area contributed by atoms with Crippen LogP contribution >= 0.6 is 11.3 Å². The maximum absolute atomic E-state index is 12.6. The van der Waals surface area contributed by atoms with Crippen LogP contribution in [0.4, 0.5) is 0 Å². The molecule has 1 N–H and O–H groups in total. The van der Waals surface area contributed by atoms with E-state index >= 15 is 0 Å². The summed E-state index contributed by atoms with van der Waals surface area (Å²) in [7, 11) is 4.84. The number of carbonyl (C=O) groups is 2. The Labute approximate surface area is 186 Å². The molecule has 2 amide bonds. The summed E-state index contributed by atoms with van der Waals surface area (Å²) >= 11 is 1.49. The van der Waals surface area contributed by atoms with Crippen molar-refractivity contribution in [3.63, 3.8) is 0 Å². The van der Waals surface area contributed by atoms with Crippen molar-refractivity contribution in [3.05, 3.63) is 46.2 Å². The minimum absolute atomic E-state index is 0.0914. The van der Waals surface area contributed by atoms with Gasteiger partial charge in [-0.2, -0.15) is 11.3 Å². The molecule has 0 unspecified atom stereocenters. The number of carbonyl (C=O) groups excluding carboxylic acids is 2. The molecule has 0 fully saturated rings. The van der Waals surface area contributed by atoms with Crippen molar-refractivity contribution < 1.29 is 23.8 Å². The first kappa shape index (κ1) is 22.7. The summed E-state index contributed by atoms with van der Waals surface area (Å²) in [4.78, 5) is 26.3. The predicted octanol–water partition coefficient (Wildman–Crippen LogP) is 3.60. The number of nitrogens with one attached hydrogen (secondary N) is 1. The monoisotopic (exact) mass is 444 g/mol. The van der Waals surface area contributed by atoms with Gasteiger partial charge in [-0.1, -0.05) is 6.08 Å². The summed E-state index contributed by atoms with van der Waals surface area (Å²) < 4.78 is 16.4. The predicted molar refractivity (Wildman–Crippen MR) is 121 cm³/mol. The fourth-order valence-corrected chi connectivity index (χ4v) is 4.18. The highest BCUT2D eigenvalue weighted by molar-refractivity contribution is 7.08. The van der Waals surface area contributed by atoms with Gasteiger partial charge in [-0.25, -0.2) is 0 Å². The lowest BCUT2D eigenvalue weighted by Crippen LogP contribution is -2.35. The van der Waals surface area contributed by atoms with Crippen LogP contribution in [0.1, 0.15) is 35.2 Å². The fraction of sp³-hybridized carbons (Fsp3) is 0.391. The van der Waals surface area contributed by atoms with E-state index in [0.717, 1.165) is 11.1 Å². The molecule has 1 aliphatic rings. The summed E-state index contributed by atoms with van der Waals surface area (Å²) in [6.45, 7) is 1.65. The van der Waals surface area contributed by atoms with E-state index < -0.39 is 0 Å². The van der Waals surface area contributed by atoms with Crippen LogP contribution < -0.4 is 19.5 Å². The van der Waals surface area contributed by atoms with E-state index in [1.165, 1.54) is 11.3 Å². The Kier molecular flexibility index (Phi) is 7.94. The van der Waals surface area contributed by atoms with Gasteiger partial charge in [-0.05, 0) is 29.9 Å². The first-order valence-electron chi connectivity index (χ1n) is 10.1. The van der Waals surface area contributed by atoms with E-state index in [1.807, 2.05) is 33.9 Å². The summed E-state index contributed by atoms with van der Waals surface area (Å²) in [6.07, 6.45) is 3.77. The number of hydrogen-bond acceptors (Lipinski definition) is 6. The molecule has 0 spiro atoms. The number of hydrogen-bond donors (Lipinski definition) is 1. The molecular formula is C23H28N2O5S. The molecule has 1 aliphatic heterocycles. The number of benzene rings is 1. The molecule has 1 aromatic carbocycles. The van der Waals surface area contributed by atoms with Crippen molar-refractivity contribution in [2.45, 2.75) is 19.3 Å². The molecule has 1 aromatic heterocycles. The molecule has 0 saturated carbocycles. The molecule has 0 aliphatic carbocycles. The van der Waals surface area contributed by atoms with Crippen LogP contribution in [0.2, 0.25) is 0 Å². The molecule has 166 valence electrons.